The predicted octanol–water partition coefficient (Wildman–Crippen LogP) is 3.51. The van der Waals surface area contributed by atoms with Gasteiger partial charge in [0.05, 0.1) is 0 Å². The maximum absolute atomic E-state index is 2.44. The Labute approximate surface area is 71.7 Å². The number of allylic oxidation sites excluding steroid dienone is 2. The monoisotopic (exact) mass is 170 g/mol. The van der Waals surface area contributed by atoms with Crippen LogP contribution in [0.1, 0.15) is 20.8 Å². The van der Waals surface area contributed by atoms with E-state index < -0.39 is 10.0 Å². The predicted molar refractivity (Wildman–Crippen MR) is 56.1 cm³/mol. The standard InChI is InChI=1S/C10H18S/c1-10(2,3)9-6-7-11(4,5)8-9/h6-8H,1-5H3. The molecule has 0 nitrogen and oxygen atoms in total. The highest BCUT2D eigenvalue weighted by molar-refractivity contribution is 8.37. The van der Waals surface area contributed by atoms with Crippen LogP contribution in [0.3, 0.4) is 0 Å². The van der Waals surface area contributed by atoms with Crippen molar-refractivity contribution >= 4 is 10.0 Å². The van der Waals surface area contributed by atoms with E-state index in [0.717, 1.165) is 0 Å². The van der Waals surface area contributed by atoms with Crippen molar-refractivity contribution in [1.82, 2.24) is 0 Å². The number of hydrogen-bond acceptors (Lipinski definition) is 0. The summed E-state index contributed by atoms with van der Waals surface area (Å²) in [5.74, 6) is 0. The fourth-order valence-corrected chi connectivity index (χ4v) is 2.74. The molecule has 0 bridgehead atoms. The Balaban J connectivity index is 2.89. The second-order valence-electron chi connectivity index (χ2n) is 4.61. The van der Waals surface area contributed by atoms with E-state index in [1.807, 2.05) is 0 Å². The van der Waals surface area contributed by atoms with Crippen LogP contribution < -0.4 is 0 Å². The van der Waals surface area contributed by atoms with Crippen LogP contribution in [-0.2, 0) is 0 Å². The van der Waals surface area contributed by atoms with Crippen LogP contribution in [0.2, 0.25) is 0 Å². The van der Waals surface area contributed by atoms with Gasteiger partial charge in [0.2, 0.25) is 0 Å². The molecule has 0 spiro atoms. The second-order valence-corrected chi connectivity index (χ2v) is 8.10. The van der Waals surface area contributed by atoms with E-state index in [0.29, 0.717) is 5.41 Å². The van der Waals surface area contributed by atoms with Crippen LogP contribution in [0, 0.1) is 5.41 Å². The lowest BCUT2D eigenvalue weighted by molar-refractivity contribution is 0.519. The molecule has 0 aromatic heterocycles. The molecule has 64 valence electrons. The highest BCUT2D eigenvalue weighted by Gasteiger charge is 2.21. The van der Waals surface area contributed by atoms with Crippen molar-refractivity contribution in [2.45, 2.75) is 20.8 Å². The molecule has 0 aliphatic carbocycles. The summed E-state index contributed by atoms with van der Waals surface area (Å²) >= 11 is 0. The summed E-state index contributed by atoms with van der Waals surface area (Å²) < 4.78 is 0. The molecule has 0 unspecified atom stereocenters. The summed E-state index contributed by atoms with van der Waals surface area (Å²) in [6.07, 6.45) is 6.93. The van der Waals surface area contributed by atoms with Crippen molar-refractivity contribution < 1.29 is 0 Å². The van der Waals surface area contributed by atoms with Crippen LogP contribution in [0.5, 0.6) is 0 Å². The van der Waals surface area contributed by atoms with Crippen molar-refractivity contribution in [2.75, 3.05) is 12.5 Å². The van der Waals surface area contributed by atoms with Crippen LogP contribution in [-0.4, -0.2) is 12.5 Å². The minimum atomic E-state index is -0.521. The fraction of sp³-hybridized carbons (Fsp3) is 0.600. The van der Waals surface area contributed by atoms with Crippen LogP contribution in [0.4, 0.5) is 0 Å². The third kappa shape index (κ3) is 2.13. The molecule has 1 aliphatic rings. The fourth-order valence-electron chi connectivity index (χ4n) is 1.08. The Morgan fingerprint density at radius 2 is 1.73 bits per heavy atom. The molecule has 1 heteroatoms. The summed E-state index contributed by atoms with van der Waals surface area (Å²) in [5, 5.41) is 4.79. The maximum Gasteiger partial charge on any atom is -0.0127 e. The van der Waals surface area contributed by atoms with E-state index in [1.54, 1.807) is 0 Å². The molecule has 1 rings (SSSR count). The van der Waals surface area contributed by atoms with Gasteiger partial charge in [-0.05, 0) is 34.3 Å². The van der Waals surface area contributed by atoms with Crippen molar-refractivity contribution in [3.05, 3.63) is 22.5 Å². The topological polar surface area (TPSA) is 0 Å². The van der Waals surface area contributed by atoms with Crippen LogP contribution in [0.25, 0.3) is 0 Å². The van der Waals surface area contributed by atoms with Gasteiger partial charge >= 0.3 is 0 Å². The van der Waals surface area contributed by atoms with Gasteiger partial charge in [-0.25, -0.2) is 10.0 Å². The molecule has 0 radical (unpaired) electrons. The van der Waals surface area contributed by atoms with E-state index in [-0.39, 0.29) is 0 Å². The van der Waals surface area contributed by atoms with Gasteiger partial charge in [0.1, 0.15) is 0 Å². The molecular weight excluding hydrogens is 152 g/mol. The third-order valence-corrected chi connectivity index (χ3v) is 3.59. The third-order valence-electron chi connectivity index (χ3n) is 1.90. The van der Waals surface area contributed by atoms with Gasteiger partial charge in [0, 0.05) is 0 Å². The smallest absolute Gasteiger partial charge is 0.0127 e. The minimum absolute atomic E-state index is 0.331. The average Bonchev–Trinajstić information content (AvgIpc) is 2.07. The molecule has 0 fully saturated rings. The quantitative estimate of drug-likeness (QED) is 0.522. The zero-order valence-corrected chi connectivity index (χ0v) is 8.96. The highest BCUT2D eigenvalue weighted by atomic mass is 32.3. The molecule has 1 heterocycles. The highest BCUT2D eigenvalue weighted by Crippen LogP contribution is 2.51. The van der Waals surface area contributed by atoms with E-state index in [2.05, 4.69) is 50.2 Å². The van der Waals surface area contributed by atoms with Crippen molar-refractivity contribution in [3.8, 4) is 0 Å². The minimum Gasteiger partial charge on any atom is -0.206 e. The number of rotatable bonds is 0. The summed E-state index contributed by atoms with van der Waals surface area (Å²) in [6, 6.07) is 0. The Kier molecular flexibility index (Phi) is 1.96. The van der Waals surface area contributed by atoms with Gasteiger partial charge in [-0.2, -0.15) is 0 Å². The molecule has 0 amide bonds. The Morgan fingerprint density at radius 3 is 1.91 bits per heavy atom. The molecule has 0 saturated carbocycles. The van der Waals surface area contributed by atoms with Crippen molar-refractivity contribution in [3.63, 3.8) is 0 Å². The molecule has 0 aromatic rings. The molecule has 0 aromatic carbocycles. The van der Waals surface area contributed by atoms with Gasteiger partial charge < -0.3 is 0 Å². The Morgan fingerprint density at radius 1 is 1.18 bits per heavy atom. The SMILES string of the molecule is CC(C)(C)C1=CS(C)(C)C=C1. The molecule has 0 atom stereocenters. The normalized spacial score (nSPS) is 25.0. The number of hydrogen-bond donors (Lipinski definition) is 0. The maximum atomic E-state index is 2.44. The first-order chi connectivity index (χ1) is 4.81. The van der Waals surface area contributed by atoms with E-state index in [4.69, 9.17) is 0 Å². The van der Waals surface area contributed by atoms with E-state index >= 15 is 0 Å². The average molecular weight is 170 g/mol. The molecule has 0 saturated heterocycles. The molecule has 11 heavy (non-hydrogen) atoms. The Bertz CT molecular complexity index is 214. The first-order valence-electron chi connectivity index (χ1n) is 3.95. The van der Waals surface area contributed by atoms with Crippen LogP contribution in [0.15, 0.2) is 22.5 Å². The first kappa shape index (κ1) is 8.92. The second kappa shape index (κ2) is 2.41. The van der Waals surface area contributed by atoms with Gasteiger partial charge in [-0.1, -0.05) is 26.8 Å². The lowest BCUT2D eigenvalue weighted by atomic mass is 9.88. The van der Waals surface area contributed by atoms with E-state index in [1.165, 1.54) is 5.57 Å². The van der Waals surface area contributed by atoms with Crippen LogP contribution >= 0.6 is 10.0 Å². The molecule has 1 aliphatic heterocycles. The summed E-state index contributed by atoms with van der Waals surface area (Å²) in [6.45, 7) is 6.80. The zero-order chi connectivity index (χ0) is 8.70. The summed E-state index contributed by atoms with van der Waals surface area (Å²) in [4.78, 5) is 0. The van der Waals surface area contributed by atoms with Gasteiger partial charge in [-0.3, -0.25) is 0 Å². The lowest BCUT2D eigenvalue weighted by Crippen LogP contribution is -2.05. The van der Waals surface area contributed by atoms with Crippen molar-refractivity contribution in [2.24, 2.45) is 5.41 Å². The molecular formula is C10H18S. The van der Waals surface area contributed by atoms with E-state index in [9.17, 15) is 0 Å². The van der Waals surface area contributed by atoms with Crippen molar-refractivity contribution in [1.29, 1.82) is 0 Å². The van der Waals surface area contributed by atoms with Gasteiger partial charge in [-0.15, -0.1) is 0 Å². The molecule has 0 N–H and O–H groups in total. The van der Waals surface area contributed by atoms with Gasteiger partial charge in [0.15, 0.2) is 0 Å². The first-order valence-corrected chi connectivity index (χ1v) is 6.52. The summed E-state index contributed by atoms with van der Waals surface area (Å²) in [7, 11) is -0.521. The Hall–Kier alpha value is -0.170. The zero-order valence-electron chi connectivity index (χ0n) is 8.14. The summed E-state index contributed by atoms with van der Waals surface area (Å²) in [5.41, 5.74) is 1.83. The lowest BCUT2D eigenvalue weighted by Gasteiger charge is -2.21. The largest absolute Gasteiger partial charge is 0.206 e. The van der Waals surface area contributed by atoms with Gasteiger partial charge in [0.25, 0.3) is 0 Å².